The van der Waals surface area contributed by atoms with E-state index in [1.54, 1.807) is 12.3 Å². The van der Waals surface area contributed by atoms with Gasteiger partial charge in [0.2, 0.25) is 0 Å². The first-order valence-corrected chi connectivity index (χ1v) is 14.5. The number of fused-ring (bicyclic) bond motifs is 6. The van der Waals surface area contributed by atoms with Gasteiger partial charge in [0.25, 0.3) is 0 Å². The van der Waals surface area contributed by atoms with Gasteiger partial charge in [0, 0.05) is 12.6 Å². The van der Waals surface area contributed by atoms with Crippen molar-refractivity contribution in [3.8, 4) is 0 Å². The molecule has 1 unspecified atom stereocenters. The second-order valence-corrected chi connectivity index (χ2v) is 13.4. The molecule has 4 aliphatic rings. The lowest BCUT2D eigenvalue weighted by Gasteiger charge is -2.62. The van der Waals surface area contributed by atoms with Crippen molar-refractivity contribution in [2.75, 3.05) is 0 Å². The van der Waals surface area contributed by atoms with Crippen LogP contribution in [-0.2, 0) is 6.42 Å². The maximum atomic E-state index is 14.0. The molecule has 1 aromatic carbocycles. The van der Waals surface area contributed by atoms with Crippen LogP contribution in [0.2, 0.25) is 0 Å². The molecule has 1 heterocycles. The molecule has 4 nitrogen and oxygen atoms in total. The zero-order valence-electron chi connectivity index (χ0n) is 22.2. The first-order valence-electron chi connectivity index (χ1n) is 14.5. The second-order valence-electron chi connectivity index (χ2n) is 13.4. The van der Waals surface area contributed by atoms with E-state index in [9.17, 15) is 14.6 Å². The van der Waals surface area contributed by atoms with Crippen molar-refractivity contribution in [1.82, 2.24) is 9.97 Å². The third-order valence-corrected chi connectivity index (χ3v) is 11.9. The first kappa shape index (κ1) is 24.7. The summed E-state index contributed by atoms with van der Waals surface area (Å²) < 4.78 is 14.0. The van der Waals surface area contributed by atoms with Crippen molar-refractivity contribution >= 4 is 10.9 Å². The van der Waals surface area contributed by atoms with Crippen molar-refractivity contribution < 1.29 is 14.6 Å². The number of hydrogen-bond donors (Lipinski definition) is 2. The summed E-state index contributed by atoms with van der Waals surface area (Å²) in [6.45, 7) is 7.42. The highest BCUT2D eigenvalue weighted by atomic mass is 19.1. The highest BCUT2D eigenvalue weighted by Crippen LogP contribution is 2.68. The van der Waals surface area contributed by atoms with E-state index in [1.807, 2.05) is 6.07 Å². The Labute approximate surface area is 215 Å². The molecule has 0 saturated heterocycles. The zero-order chi connectivity index (χ0) is 25.2. The number of rotatable bonds is 4. The normalized spacial score (nSPS) is 43.0. The van der Waals surface area contributed by atoms with E-state index in [2.05, 4.69) is 30.7 Å². The van der Waals surface area contributed by atoms with Gasteiger partial charge < -0.3 is 10.2 Å². The van der Waals surface area contributed by atoms with Crippen molar-refractivity contribution in [2.45, 2.75) is 97.2 Å². The van der Waals surface area contributed by atoms with Crippen LogP contribution in [0.5, 0.6) is 0 Å². The fourth-order valence-electron chi connectivity index (χ4n) is 9.91. The monoisotopic (exact) mass is 494 g/mol. The highest BCUT2D eigenvalue weighted by molar-refractivity contribution is 5.78. The topological polar surface area (TPSA) is 66.2 Å². The van der Waals surface area contributed by atoms with Gasteiger partial charge in [-0.05, 0) is 116 Å². The number of aliphatic hydroxyl groups excluding tert-OH is 2. The zero-order valence-corrected chi connectivity index (χ0v) is 22.2. The van der Waals surface area contributed by atoms with E-state index in [0.717, 1.165) is 44.3 Å². The minimum atomic E-state index is -0.262. The molecule has 0 radical (unpaired) electrons. The molecule has 196 valence electrons. The van der Waals surface area contributed by atoms with Gasteiger partial charge in [0.15, 0.2) is 0 Å². The van der Waals surface area contributed by atoms with Gasteiger partial charge in [-0.2, -0.15) is 0 Å². The lowest BCUT2D eigenvalue weighted by atomic mass is 9.43. The van der Waals surface area contributed by atoms with Crippen LogP contribution < -0.4 is 0 Å². The predicted molar refractivity (Wildman–Crippen MR) is 140 cm³/mol. The van der Waals surface area contributed by atoms with E-state index in [0.29, 0.717) is 46.4 Å². The summed E-state index contributed by atoms with van der Waals surface area (Å²) in [7, 11) is 0. The summed E-state index contributed by atoms with van der Waals surface area (Å²) in [5, 5.41) is 22.3. The average Bonchev–Trinajstić information content (AvgIpc) is 3.21. The van der Waals surface area contributed by atoms with Gasteiger partial charge in [-0.1, -0.05) is 26.8 Å². The molecule has 2 N–H and O–H groups in total. The Bertz CT molecular complexity index is 1120. The molecular formula is C31H43FN2O2. The average molecular weight is 495 g/mol. The Morgan fingerprint density at radius 1 is 1.03 bits per heavy atom. The molecule has 0 amide bonds. The van der Waals surface area contributed by atoms with E-state index in [1.165, 1.54) is 31.7 Å². The molecule has 2 aromatic rings. The molecule has 0 spiro atoms. The fourth-order valence-corrected chi connectivity index (χ4v) is 9.91. The predicted octanol–water partition coefficient (Wildman–Crippen LogP) is 6.33. The minimum absolute atomic E-state index is 0.178. The second kappa shape index (κ2) is 9.01. The lowest BCUT2D eigenvalue weighted by molar-refractivity contribution is -0.174. The van der Waals surface area contributed by atoms with Gasteiger partial charge >= 0.3 is 0 Å². The first-order chi connectivity index (χ1) is 17.2. The Balaban J connectivity index is 1.17. The van der Waals surface area contributed by atoms with E-state index in [4.69, 9.17) is 0 Å². The van der Waals surface area contributed by atoms with Gasteiger partial charge in [-0.3, -0.25) is 0 Å². The number of benzene rings is 1. The van der Waals surface area contributed by atoms with Crippen LogP contribution in [0.1, 0.15) is 84.4 Å². The number of aliphatic hydroxyl groups is 2. The SMILES string of the molecule is C[C@H](CCc1ncc2c(F)cccc2n1)[C@H]1CC[C@H]2[C@H]3C(CC[C@]12C)[C@@]1(C)CC[C@@H](O)C[C@H]1C[C@H]3O. The molecule has 4 saturated carbocycles. The molecule has 5 heteroatoms. The van der Waals surface area contributed by atoms with Gasteiger partial charge in [0.05, 0.1) is 23.1 Å². The summed E-state index contributed by atoms with van der Waals surface area (Å²) in [5.41, 5.74) is 1.25. The van der Waals surface area contributed by atoms with E-state index in [-0.39, 0.29) is 28.9 Å². The maximum absolute atomic E-state index is 14.0. The largest absolute Gasteiger partial charge is 0.393 e. The van der Waals surface area contributed by atoms with Gasteiger partial charge in [0.1, 0.15) is 11.6 Å². The van der Waals surface area contributed by atoms with E-state index < -0.39 is 0 Å². The molecular weight excluding hydrogens is 451 g/mol. The van der Waals surface area contributed by atoms with Crippen LogP contribution in [0.15, 0.2) is 24.4 Å². The van der Waals surface area contributed by atoms with Crippen LogP contribution in [0.4, 0.5) is 4.39 Å². The summed E-state index contributed by atoms with van der Waals surface area (Å²) in [6, 6.07) is 5.03. The maximum Gasteiger partial charge on any atom is 0.134 e. The minimum Gasteiger partial charge on any atom is -0.393 e. The molecule has 4 fully saturated rings. The van der Waals surface area contributed by atoms with Crippen LogP contribution in [0.3, 0.4) is 0 Å². The summed E-state index contributed by atoms with van der Waals surface area (Å²) >= 11 is 0. The number of nitrogens with zero attached hydrogens (tertiary/aromatic N) is 2. The van der Waals surface area contributed by atoms with Crippen molar-refractivity contribution in [3.05, 3.63) is 36.0 Å². The molecule has 6 rings (SSSR count). The van der Waals surface area contributed by atoms with E-state index >= 15 is 0 Å². The van der Waals surface area contributed by atoms with Crippen molar-refractivity contribution in [2.24, 2.45) is 46.3 Å². The lowest BCUT2D eigenvalue weighted by Crippen LogP contribution is -2.58. The Hall–Kier alpha value is -1.59. The molecule has 1 aromatic heterocycles. The molecule has 0 aliphatic heterocycles. The fraction of sp³-hybridized carbons (Fsp3) is 0.742. The molecule has 36 heavy (non-hydrogen) atoms. The molecule has 4 aliphatic carbocycles. The van der Waals surface area contributed by atoms with Gasteiger partial charge in [-0.15, -0.1) is 0 Å². The van der Waals surface area contributed by atoms with Crippen LogP contribution >= 0.6 is 0 Å². The van der Waals surface area contributed by atoms with Crippen molar-refractivity contribution in [1.29, 1.82) is 0 Å². The quantitative estimate of drug-likeness (QED) is 0.521. The van der Waals surface area contributed by atoms with Crippen LogP contribution in [0.25, 0.3) is 10.9 Å². The Morgan fingerprint density at radius 3 is 2.64 bits per heavy atom. The summed E-state index contributed by atoms with van der Waals surface area (Å²) in [5.74, 6) is 3.85. The number of halogens is 1. The number of hydrogen-bond acceptors (Lipinski definition) is 4. The van der Waals surface area contributed by atoms with Crippen LogP contribution in [-0.4, -0.2) is 32.4 Å². The van der Waals surface area contributed by atoms with Crippen LogP contribution in [0, 0.1) is 52.2 Å². The third kappa shape index (κ3) is 3.83. The standard InChI is InChI=1S/C31H43FN2O2/c1-18(7-10-28-33-17-21-25(32)5-4-6-26(21)34-28)22-8-9-23-29-24(12-14-31(22,23)3)30(2)13-11-20(35)15-19(30)16-27(29)36/h4-6,17-20,22-24,27,29,35-36H,7-16H2,1-3H3/t18-,19+,20-,22-,23+,24?,27-,29+,30+,31-/m1/s1. The smallest absolute Gasteiger partial charge is 0.134 e. The third-order valence-electron chi connectivity index (χ3n) is 11.9. The summed E-state index contributed by atoms with van der Waals surface area (Å²) in [4.78, 5) is 9.12. The summed E-state index contributed by atoms with van der Waals surface area (Å²) in [6.07, 6.45) is 11.9. The number of aromatic nitrogens is 2. The van der Waals surface area contributed by atoms with Crippen molar-refractivity contribution in [3.63, 3.8) is 0 Å². The Kier molecular flexibility index (Phi) is 6.19. The van der Waals surface area contributed by atoms with Gasteiger partial charge in [-0.25, -0.2) is 14.4 Å². The number of aryl methyl sites for hydroxylation is 1. The Morgan fingerprint density at radius 2 is 1.81 bits per heavy atom. The molecule has 10 atom stereocenters. The highest BCUT2D eigenvalue weighted by Gasteiger charge is 2.62. The molecule has 0 bridgehead atoms.